The number of carbonyl (C=O) groups excluding carboxylic acids is 1. The molecule has 1 spiro atoms. The van der Waals surface area contributed by atoms with Gasteiger partial charge in [-0.05, 0) is 43.4 Å². The molecule has 5 heteroatoms. The Kier molecular flexibility index (Phi) is 4.41. The monoisotopic (exact) mass is 366 g/mol. The molecule has 0 atom stereocenters. The maximum absolute atomic E-state index is 12.6. The van der Waals surface area contributed by atoms with Crippen molar-refractivity contribution >= 4 is 28.8 Å². The third-order valence-electron chi connectivity index (χ3n) is 5.23. The van der Waals surface area contributed by atoms with Crippen LogP contribution in [0.5, 0.6) is 5.75 Å². The van der Waals surface area contributed by atoms with Gasteiger partial charge in [0.2, 0.25) is 0 Å². The molecule has 0 unspecified atom stereocenters. The summed E-state index contributed by atoms with van der Waals surface area (Å²) < 4.78 is 6.32. The zero-order valence-corrected chi connectivity index (χ0v) is 15.6. The molecule has 2 aliphatic rings. The lowest BCUT2D eigenvalue weighted by atomic mass is 9.82. The van der Waals surface area contributed by atoms with Gasteiger partial charge in [0.1, 0.15) is 11.4 Å². The highest BCUT2D eigenvalue weighted by Gasteiger charge is 2.43. The average Bonchev–Trinajstić information content (AvgIpc) is 2.64. The molecule has 2 aromatic carbocycles. The minimum atomic E-state index is -0.391. The van der Waals surface area contributed by atoms with Crippen LogP contribution in [0.2, 0.25) is 0 Å². The van der Waals surface area contributed by atoms with Gasteiger partial charge < -0.3 is 15.0 Å². The number of nitrogens with one attached hydrogen (secondary N) is 1. The molecule has 1 fully saturated rings. The van der Waals surface area contributed by atoms with Crippen molar-refractivity contribution in [1.29, 1.82) is 0 Å². The fourth-order valence-corrected chi connectivity index (χ4v) is 4.03. The van der Waals surface area contributed by atoms with Crippen LogP contribution in [-0.4, -0.2) is 34.5 Å². The first kappa shape index (κ1) is 17.0. The Morgan fingerprint density at radius 3 is 2.62 bits per heavy atom. The number of aryl methyl sites for hydroxylation is 1. The number of piperidine rings is 1. The predicted molar refractivity (Wildman–Crippen MR) is 107 cm³/mol. The number of Topliss-reactive ketones (excluding diaryl/α,β-unsaturated/α-hetero) is 1. The summed E-state index contributed by atoms with van der Waals surface area (Å²) in [7, 11) is 0. The first-order chi connectivity index (χ1) is 12.5. The zero-order chi connectivity index (χ0) is 18.1. The van der Waals surface area contributed by atoms with Crippen LogP contribution in [-0.2, 0) is 0 Å². The first-order valence-electron chi connectivity index (χ1n) is 8.99. The largest absolute Gasteiger partial charge is 0.486 e. The number of hydrogen-bond acceptors (Lipinski definition) is 3. The van der Waals surface area contributed by atoms with E-state index in [4.69, 9.17) is 17.0 Å². The zero-order valence-electron chi connectivity index (χ0n) is 14.8. The third-order valence-corrected chi connectivity index (χ3v) is 5.59. The Labute approximate surface area is 159 Å². The lowest BCUT2D eigenvalue weighted by Crippen LogP contribution is -2.53. The van der Waals surface area contributed by atoms with Crippen LogP contribution < -0.4 is 10.1 Å². The van der Waals surface area contributed by atoms with Gasteiger partial charge in [0.25, 0.3) is 0 Å². The van der Waals surface area contributed by atoms with Gasteiger partial charge in [0, 0.05) is 31.6 Å². The van der Waals surface area contributed by atoms with E-state index in [1.807, 2.05) is 55.5 Å². The molecule has 2 heterocycles. The highest BCUT2D eigenvalue weighted by molar-refractivity contribution is 7.80. The van der Waals surface area contributed by atoms with Gasteiger partial charge >= 0.3 is 0 Å². The second-order valence-corrected chi connectivity index (χ2v) is 7.55. The number of ether oxygens (including phenoxy) is 1. The van der Waals surface area contributed by atoms with E-state index in [1.54, 1.807) is 0 Å². The van der Waals surface area contributed by atoms with E-state index in [9.17, 15) is 4.79 Å². The molecule has 4 rings (SSSR count). The van der Waals surface area contributed by atoms with Crippen molar-refractivity contribution in [3.63, 3.8) is 0 Å². The van der Waals surface area contributed by atoms with Crippen molar-refractivity contribution in [2.75, 3.05) is 18.4 Å². The van der Waals surface area contributed by atoms with Crippen molar-refractivity contribution < 1.29 is 9.53 Å². The Balaban J connectivity index is 1.42. The summed E-state index contributed by atoms with van der Waals surface area (Å²) in [5.74, 6) is 0.915. The maximum atomic E-state index is 12.6. The standard InChI is InChI=1S/C21H22N2O2S/c1-15-7-8-19-17(13-15)18(24)14-21(25-19)9-11-23(12-10-21)20(26)22-16-5-3-2-4-6-16/h2-8,13H,9-12,14H2,1H3,(H,22,26). The number of likely N-dealkylation sites (tertiary alicyclic amines) is 1. The van der Waals surface area contributed by atoms with Gasteiger partial charge in [0.05, 0.1) is 12.0 Å². The van der Waals surface area contributed by atoms with Crippen molar-refractivity contribution in [3.05, 3.63) is 59.7 Å². The van der Waals surface area contributed by atoms with Crippen LogP contribution in [0.4, 0.5) is 5.69 Å². The molecule has 0 aromatic heterocycles. The van der Waals surface area contributed by atoms with Crippen molar-refractivity contribution in [2.45, 2.75) is 31.8 Å². The number of hydrogen-bond donors (Lipinski definition) is 1. The van der Waals surface area contributed by atoms with Gasteiger partial charge in [-0.3, -0.25) is 4.79 Å². The molecule has 1 N–H and O–H groups in total. The first-order valence-corrected chi connectivity index (χ1v) is 9.39. The lowest BCUT2D eigenvalue weighted by Gasteiger charge is -2.44. The number of fused-ring (bicyclic) bond motifs is 1. The highest BCUT2D eigenvalue weighted by atomic mass is 32.1. The summed E-state index contributed by atoms with van der Waals surface area (Å²) in [6.07, 6.45) is 2.04. The van der Waals surface area contributed by atoms with Gasteiger partial charge in [-0.1, -0.05) is 29.8 Å². The van der Waals surface area contributed by atoms with E-state index in [0.29, 0.717) is 6.42 Å². The molecule has 2 aliphatic heterocycles. The lowest BCUT2D eigenvalue weighted by molar-refractivity contribution is 0.00405. The number of carbonyl (C=O) groups is 1. The summed E-state index contributed by atoms with van der Waals surface area (Å²) >= 11 is 5.55. The SMILES string of the molecule is Cc1ccc2c(c1)C(=O)CC1(CCN(C(=S)Nc3ccccc3)CC1)O2. The number of benzene rings is 2. The number of ketones is 1. The van der Waals surface area contributed by atoms with Gasteiger partial charge in [-0.25, -0.2) is 0 Å². The minimum absolute atomic E-state index is 0.188. The van der Waals surface area contributed by atoms with Crippen LogP contribution in [0.3, 0.4) is 0 Å². The van der Waals surface area contributed by atoms with Gasteiger partial charge in [-0.2, -0.15) is 0 Å². The molecule has 0 radical (unpaired) electrons. The molecule has 2 aromatic rings. The van der Waals surface area contributed by atoms with E-state index < -0.39 is 5.60 Å². The summed E-state index contributed by atoms with van der Waals surface area (Å²) in [4.78, 5) is 14.8. The number of rotatable bonds is 1. The molecule has 0 bridgehead atoms. The van der Waals surface area contributed by atoms with Crippen LogP contribution in [0.1, 0.15) is 35.2 Å². The van der Waals surface area contributed by atoms with Crippen LogP contribution >= 0.6 is 12.2 Å². The second-order valence-electron chi connectivity index (χ2n) is 7.17. The summed E-state index contributed by atoms with van der Waals surface area (Å²) in [5.41, 5.74) is 2.41. The van der Waals surface area contributed by atoms with E-state index >= 15 is 0 Å². The highest BCUT2D eigenvalue weighted by Crippen LogP contribution is 2.39. The topological polar surface area (TPSA) is 41.6 Å². The second kappa shape index (κ2) is 6.72. The molecular weight excluding hydrogens is 344 g/mol. The Hall–Kier alpha value is -2.40. The molecular formula is C21H22N2O2S. The van der Waals surface area contributed by atoms with Crippen molar-refractivity contribution in [1.82, 2.24) is 4.90 Å². The maximum Gasteiger partial charge on any atom is 0.173 e. The van der Waals surface area contributed by atoms with E-state index in [2.05, 4.69) is 10.2 Å². The fraction of sp³-hybridized carbons (Fsp3) is 0.333. The number of anilines is 1. The fourth-order valence-electron chi connectivity index (χ4n) is 3.73. The van der Waals surface area contributed by atoms with Crippen molar-refractivity contribution in [2.24, 2.45) is 0 Å². The molecule has 26 heavy (non-hydrogen) atoms. The molecule has 1 saturated heterocycles. The van der Waals surface area contributed by atoms with Crippen LogP contribution in [0, 0.1) is 6.92 Å². The third kappa shape index (κ3) is 3.31. The minimum Gasteiger partial charge on any atom is -0.486 e. The Morgan fingerprint density at radius 2 is 1.88 bits per heavy atom. The normalized spacial score (nSPS) is 18.2. The molecule has 134 valence electrons. The summed E-state index contributed by atoms with van der Waals surface area (Å²) in [5, 5.41) is 4.01. The van der Waals surface area contributed by atoms with E-state index in [0.717, 1.165) is 53.6 Å². The van der Waals surface area contributed by atoms with Crippen LogP contribution in [0.15, 0.2) is 48.5 Å². The predicted octanol–water partition coefficient (Wildman–Crippen LogP) is 4.19. The van der Waals surface area contributed by atoms with E-state index in [-0.39, 0.29) is 5.78 Å². The summed E-state index contributed by atoms with van der Waals surface area (Å²) in [6, 6.07) is 15.8. The smallest absolute Gasteiger partial charge is 0.173 e. The van der Waals surface area contributed by atoms with E-state index in [1.165, 1.54) is 0 Å². The Bertz CT molecular complexity index is 842. The van der Waals surface area contributed by atoms with Crippen molar-refractivity contribution in [3.8, 4) is 5.75 Å². The number of para-hydroxylation sites is 1. The molecule has 0 aliphatic carbocycles. The van der Waals surface area contributed by atoms with Crippen LogP contribution in [0.25, 0.3) is 0 Å². The number of thiocarbonyl (C=S) groups is 1. The molecule has 0 amide bonds. The van der Waals surface area contributed by atoms with Gasteiger partial charge in [-0.15, -0.1) is 0 Å². The number of nitrogens with zero attached hydrogens (tertiary/aromatic N) is 1. The molecule has 4 nitrogen and oxygen atoms in total. The molecule has 0 saturated carbocycles. The average molecular weight is 366 g/mol. The quantitative estimate of drug-likeness (QED) is 0.767. The van der Waals surface area contributed by atoms with Gasteiger partial charge in [0.15, 0.2) is 10.9 Å². The summed E-state index contributed by atoms with van der Waals surface area (Å²) in [6.45, 7) is 3.57. The Morgan fingerprint density at radius 1 is 1.15 bits per heavy atom.